The molecule has 12 nitrogen and oxygen atoms in total. The zero-order chi connectivity index (χ0) is 36.7. The van der Waals surface area contributed by atoms with Crippen molar-refractivity contribution in [3.05, 3.63) is 72.4 Å². The Morgan fingerprint density at radius 2 is 1.71 bits per heavy atom. The Kier molecular flexibility index (Phi) is 9.75. The van der Waals surface area contributed by atoms with Crippen molar-refractivity contribution in [2.24, 2.45) is 5.92 Å². The largest absolute Gasteiger partial charge is 0.471 e. The molecular weight excluding hydrogens is 681 g/mol. The third-order valence-corrected chi connectivity index (χ3v) is 13.1. The van der Waals surface area contributed by atoms with Crippen molar-refractivity contribution in [2.45, 2.75) is 113 Å². The molecule has 1 aromatic heterocycles. The van der Waals surface area contributed by atoms with Gasteiger partial charge in [-0.1, -0.05) is 69.2 Å². The van der Waals surface area contributed by atoms with E-state index < -0.39 is 50.3 Å². The van der Waals surface area contributed by atoms with Gasteiger partial charge in [-0.3, -0.25) is 19.1 Å². The van der Waals surface area contributed by atoms with Gasteiger partial charge in [0, 0.05) is 23.9 Å². The number of hydrogen-bond acceptors (Lipinski definition) is 9. The van der Waals surface area contributed by atoms with Crippen LogP contribution in [-0.2, 0) is 24.4 Å². The fraction of sp³-hybridized carbons (Fsp3) is 0.513. The molecule has 52 heavy (non-hydrogen) atoms. The lowest BCUT2D eigenvalue weighted by atomic mass is 10.0. The molecule has 3 heterocycles. The van der Waals surface area contributed by atoms with E-state index in [4.69, 9.17) is 14.7 Å². The number of para-hydroxylation sites is 3. The number of nitrogens with zero attached hydrogens (tertiary/aromatic N) is 3. The number of anilines is 1. The highest BCUT2D eigenvalue weighted by atomic mass is 32.2. The number of fused-ring (bicyclic) bond motifs is 3. The number of amides is 3. The molecule has 276 valence electrons. The van der Waals surface area contributed by atoms with Crippen LogP contribution in [0, 0.1) is 5.92 Å². The number of sulfonamides is 1. The van der Waals surface area contributed by atoms with Crippen LogP contribution < -0.4 is 20.1 Å². The van der Waals surface area contributed by atoms with E-state index in [0.29, 0.717) is 36.4 Å². The van der Waals surface area contributed by atoms with Gasteiger partial charge in [-0.25, -0.2) is 18.4 Å². The summed E-state index contributed by atoms with van der Waals surface area (Å²) in [5, 5.41) is 6.38. The highest BCUT2D eigenvalue weighted by Crippen LogP contribution is 2.47. The number of nitrogens with one attached hydrogen (secondary N) is 3. The fourth-order valence-corrected chi connectivity index (χ4v) is 8.61. The van der Waals surface area contributed by atoms with Gasteiger partial charge in [-0.05, 0) is 69.7 Å². The SMILES string of the molecule is CC(C)c1nc2ccccc2nc1O[C@@H]1C[C@H]2C(=O)N[C@]3(C(=O)NS(=O)(=O)C4(C)CC4)C[C@@H]3/C=C\CCCCC[C@H](Nc3ccccc3)C(=O)N2C1. The summed E-state index contributed by atoms with van der Waals surface area (Å²) in [6.07, 6.45) is 8.59. The Balaban J connectivity index is 1.21. The predicted octanol–water partition coefficient (Wildman–Crippen LogP) is 4.98. The zero-order valence-electron chi connectivity index (χ0n) is 30.0. The number of hydrogen-bond donors (Lipinski definition) is 3. The number of carbonyl (C=O) groups excluding carboxylic acids is 3. The van der Waals surface area contributed by atoms with Gasteiger partial charge in [0.1, 0.15) is 29.4 Å². The summed E-state index contributed by atoms with van der Waals surface area (Å²) in [5.74, 6) is -1.54. The summed E-state index contributed by atoms with van der Waals surface area (Å²) in [7, 11) is -3.94. The summed E-state index contributed by atoms with van der Waals surface area (Å²) in [6, 6.07) is 15.5. The van der Waals surface area contributed by atoms with Crippen LogP contribution in [-0.4, -0.2) is 76.0 Å². The molecule has 13 heteroatoms. The van der Waals surface area contributed by atoms with Crippen LogP contribution >= 0.6 is 0 Å². The maximum Gasteiger partial charge on any atom is 0.259 e. The minimum atomic E-state index is -3.94. The first-order valence-corrected chi connectivity index (χ1v) is 20.0. The van der Waals surface area contributed by atoms with Gasteiger partial charge in [0.15, 0.2) is 0 Å². The lowest BCUT2D eigenvalue weighted by molar-refractivity contribution is -0.140. The molecule has 5 atom stereocenters. The molecule has 0 bridgehead atoms. The van der Waals surface area contributed by atoms with E-state index in [1.807, 2.05) is 80.6 Å². The average molecular weight is 729 g/mol. The molecule has 4 aliphatic rings. The summed E-state index contributed by atoms with van der Waals surface area (Å²) >= 11 is 0. The van der Waals surface area contributed by atoms with Crippen molar-refractivity contribution in [1.82, 2.24) is 24.9 Å². The molecule has 0 unspecified atom stereocenters. The molecule has 2 aromatic carbocycles. The fourth-order valence-electron chi connectivity index (χ4n) is 7.30. The minimum absolute atomic E-state index is 0.00393. The molecule has 3 aromatic rings. The topological polar surface area (TPSA) is 160 Å². The van der Waals surface area contributed by atoms with Crippen LogP contribution in [0.25, 0.3) is 11.0 Å². The van der Waals surface area contributed by atoms with E-state index in [9.17, 15) is 22.8 Å². The molecule has 0 spiro atoms. The molecule has 7 rings (SSSR count). The van der Waals surface area contributed by atoms with Crippen LogP contribution in [0.4, 0.5) is 5.69 Å². The van der Waals surface area contributed by atoms with Crippen LogP contribution in [0.3, 0.4) is 0 Å². The maximum absolute atomic E-state index is 14.6. The number of carbonyl (C=O) groups is 3. The molecular formula is C39H48N6O6S. The molecule has 3 fully saturated rings. The van der Waals surface area contributed by atoms with E-state index in [2.05, 4.69) is 15.4 Å². The molecule has 0 radical (unpaired) electrons. The smallest absolute Gasteiger partial charge is 0.259 e. The van der Waals surface area contributed by atoms with Gasteiger partial charge in [-0.15, -0.1) is 0 Å². The molecule has 3 amide bonds. The third-order valence-electron chi connectivity index (χ3n) is 11.0. The van der Waals surface area contributed by atoms with E-state index in [1.54, 1.807) is 11.8 Å². The van der Waals surface area contributed by atoms with Crippen molar-refractivity contribution in [2.75, 3.05) is 11.9 Å². The summed E-state index contributed by atoms with van der Waals surface area (Å²) < 4.78 is 34.1. The lowest BCUT2D eigenvalue weighted by Crippen LogP contribution is -2.58. The number of ether oxygens (including phenoxy) is 1. The van der Waals surface area contributed by atoms with Crippen molar-refractivity contribution in [1.29, 1.82) is 0 Å². The van der Waals surface area contributed by atoms with Crippen molar-refractivity contribution in [3.8, 4) is 5.88 Å². The molecule has 2 aliphatic heterocycles. The zero-order valence-corrected chi connectivity index (χ0v) is 30.8. The normalized spacial score (nSPS) is 28.1. The van der Waals surface area contributed by atoms with Gasteiger partial charge in [0.25, 0.3) is 5.91 Å². The Bertz CT molecular complexity index is 1980. The third kappa shape index (κ3) is 7.24. The Hall–Kier alpha value is -4.52. The van der Waals surface area contributed by atoms with Gasteiger partial charge >= 0.3 is 0 Å². The van der Waals surface area contributed by atoms with E-state index >= 15 is 0 Å². The van der Waals surface area contributed by atoms with Crippen LogP contribution in [0.15, 0.2) is 66.7 Å². The molecule has 1 saturated heterocycles. The van der Waals surface area contributed by atoms with Gasteiger partial charge in [0.2, 0.25) is 27.7 Å². The van der Waals surface area contributed by atoms with Gasteiger partial charge < -0.3 is 20.3 Å². The highest BCUT2D eigenvalue weighted by molar-refractivity contribution is 7.91. The summed E-state index contributed by atoms with van der Waals surface area (Å²) in [4.78, 5) is 54.1. The van der Waals surface area contributed by atoms with E-state index in [-0.39, 0.29) is 37.1 Å². The van der Waals surface area contributed by atoms with E-state index in [0.717, 1.165) is 36.9 Å². The van der Waals surface area contributed by atoms with Crippen molar-refractivity contribution < 1.29 is 27.5 Å². The number of rotatable bonds is 8. The number of benzene rings is 2. The first-order chi connectivity index (χ1) is 24.9. The first-order valence-electron chi connectivity index (χ1n) is 18.5. The van der Waals surface area contributed by atoms with Gasteiger partial charge in [-0.2, -0.15) is 0 Å². The van der Waals surface area contributed by atoms with Crippen LogP contribution in [0.5, 0.6) is 5.88 Å². The van der Waals surface area contributed by atoms with E-state index in [1.165, 1.54) is 0 Å². The minimum Gasteiger partial charge on any atom is -0.471 e. The molecule has 2 saturated carbocycles. The monoisotopic (exact) mass is 728 g/mol. The van der Waals surface area contributed by atoms with Crippen LogP contribution in [0.1, 0.15) is 90.2 Å². The van der Waals surface area contributed by atoms with Crippen molar-refractivity contribution in [3.63, 3.8) is 0 Å². The second-order valence-electron chi connectivity index (χ2n) is 15.3. The molecule has 2 aliphatic carbocycles. The van der Waals surface area contributed by atoms with Gasteiger partial charge in [0.05, 0.1) is 22.3 Å². The molecule has 3 N–H and O–H groups in total. The van der Waals surface area contributed by atoms with Crippen LogP contribution in [0.2, 0.25) is 0 Å². The maximum atomic E-state index is 14.6. The Morgan fingerprint density at radius 1 is 1.00 bits per heavy atom. The average Bonchev–Trinajstić information content (AvgIpc) is 4.00. The predicted molar refractivity (Wildman–Crippen MR) is 198 cm³/mol. The first kappa shape index (κ1) is 35.9. The standard InChI is InChI=1S/C39H48N6O6S/c1-25(2)33-35(42-30-18-13-12-17-29(30)41-33)51-28-22-32-34(46)43-39(37(48)44-52(49,50)38(3)20-21-38)23-26(39)14-8-5-4-6-11-19-31(36(47)45(32)24-28)40-27-15-9-7-10-16-27/h7-10,12-18,25-26,28,31-32,40H,4-6,11,19-24H2,1-3H3,(H,43,46)(H,44,48)/b14-8-/t26-,28+,31-,32-,39+/m0/s1. The Morgan fingerprint density at radius 3 is 2.42 bits per heavy atom. The van der Waals surface area contributed by atoms with Crippen molar-refractivity contribution >= 4 is 44.5 Å². The quantitative estimate of drug-likeness (QED) is 0.272. The second-order valence-corrected chi connectivity index (χ2v) is 17.5. The summed E-state index contributed by atoms with van der Waals surface area (Å²) in [5.41, 5.74) is 1.44. The second kappa shape index (κ2) is 14.1. The number of aromatic nitrogens is 2. The Labute approximate surface area is 305 Å². The number of allylic oxidation sites excluding steroid dienone is 1. The highest BCUT2D eigenvalue weighted by Gasteiger charge is 2.63. The summed E-state index contributed by atoms with van der Waals surface area (Å²) in [6.45, 7) is 5.75. The lowest BCUT2D eigenvalue weighted by Gasteiger charge is -2.30.